The predicted molar refractivity (Wildman–Crippen MR) is 107 cm³/mol. The van der Waals surface area contributed by atoms with Crippen molar-refractivity contribution in [2.24, 2.45) is 0 Å². The summed E-state index contributed by atoms with van der Waals surface area (Å²) in [6.07, 6.45) is 0.452. The molecule has 0 aliphatic heterocycles. The van der Waals surface area contributed by atoms with Crippen LogP contribution in [0.3, 0.4) is 0 Å². The Bertz CT molecular complexity index is 890. The van der Waals surface area contributed by atoms with Gasteiger partial charge in [-0.15, -0.1) is 0 Å². The quantitative estimate of drug-likeness (QED) is 0.505. The second kappa shape index (κ2) is 10.4. The number of amides is 1. The van der Waals surface area contributed by atoms with Gasteiger partial charge in [0.1, 0.15) is 5.75 Å². The first-order chi connectivity index (χ1) is 13.3. The topological polar surface area (TPSA) is 105 Å². The van der Waals surface area contributed by atoms with Crippen LogP contribution in [0.25, 0.3) is 0 Å². The van der Waals surface area contributed by atoms with Crippen LogP contribution in [0, 0.1) is 0 Å². The van der Waals surface area contributed by atoms with Crippen LogP contribution in [0.2, 0.25) is 5.02 Å². The molecule has 3 N–H and O–H groups in total. The molecule has 9 heteroatoms. The average Bonchev–Trinajstić information content (AvgIpc) is 2.67. The van der Waals surface area contributed by atoms with E-state index in [1.165, 1.54) is 18.2 Å². The standard InChI is InChI=1S/C19H23ClN2O5S/c1-14(15-6-3-2-4-7-15)22-28(25,26)16-8-9-18(17(20)12-16)27-13-19(24)21-10-5-11-23/h2-4,6-9,12,14,22-23H,5,10-11,13H2,1H3,(H,21,24)/t14-/m0/s1. The van der Waals surface area contributed by atoms with Crippen molar-refractivity contribution in [3.05, 3.63) is 59.1 Å². The fourth-order valence-corrected chi connectivity index (χ4v) is 3.94. The summed E-state index contributed by atoms with van der Waals surface area (Å²) >= 11 is 6.12. The molecule has 28 heavy (non-hydrogen) atoms. The van der Waals surface area contributed by atoms with Gasteiger partial charge in [-0.3, -0.25) is 4.79 Å². The third-order valence-electron chi connectivity index (χ3n) is 3.86. The van der Waals surface area contributed by atoms with Crippen molar-refractivity contribution in [2.75, 3.05) is 19.8 Å². The molecule has 152 valence electrons. The first-order valence-corrected chi connectivity index (χ1v) is 10.6. The van der Waals surface area contributed by atoms with Crippen molar-refractivity contribution in [1.29, 1.82) is 0 Å². The summed E-state index contributed by atoms with van der Waals surface area (Å²) in [6.45, 7) is 1.82. The van der Waals surface area contributed by atoms with E-state index in [0.717, 1.165) is 5.56 Å². The van der Waals surface area contributed by atoms with Crippen molar-refractivity contribution in [3.63, 3.8) is 0 Å². The van der Waals surface area contributed by atoms with E-state index < -0.39 is 16.1 Å². The number of aliphatic hydroxyl groups is 1. The Kier molecular flexibility index (Phi) is 8.25. The first-order valence-electron chi connectivity index (χ1n) is 8.70. The number of carbonyl (C=O) groups is 1. The Balaban J connectivity index is 2.01. The molecule has 0 unspecified atom stereocenters. The van der Waals surface area contributed by atoms with E-state index >= 15 is 0 Å². The zero-order valence-electron chi connectivity index (χ0n) is 15.4. The number of ether oxygens (including phenoxy) is 1. The van der Waals surface area contributed by atoms with Gasteiger partial charge in [-0.25, -0.2) is 13.1 Å². The summed E-state index contributed by atoms with van der Waals surface area (Å²) in [5.74, 6) is -0.159. The zero-order chi connectivity index (χ0) is 20.6. The van der Waals surface area contributed by atoms with Gasteiger partial charge in [0.15, 0.2) is 6.61 Å². The second-order valence-electron chi connectivity index (χ2n) is 6.06. The normalized spacial score (nSPS) is 12.4. The zero-order valence-corrected chi connectivity index (χ0v) is 17.0. The van der Waals surface area contributed by atoms with Crippen molar-refractivity contribution in [1.82, 2.24) is 10.0 Å². The molecule has 0 saturated heterocycles. The lowest BCUT2D eigenvalue weighted by atomic mass is 10.1. The molecule has 0 spiro atoms. The molecule has 2 rings (SSSR count). The molecule has 1 atom stereocenters. The van der Waals surface area contributed by atoms with Crippen LogP contribution in [-0.2, 0) is 14.8 Å². The van der Waals surface area contributed by atoms with Crippen LogP contribution in [0.4, 0.5) is 0 Å². The molecule has 2 aromatic rings. The molecule has 0 aromatic heterocycles. The van der Waals surface area contributed by atoms with Crippen molar-refractivity contribution in [3.8, 4) is 5.75 Å². The van der Waals surface area contributed by atoms with E-state index in [1.54, 1.807) is 6.92 Å². The van der Waals surface area contributed by atoms with Gasteiger partial charge in [-0.2, -0.15) is 0 Å². The van der Waals surface area contributed by atoms with Gasteiger partial charge in [0.2, 0.25) is 10.0 Å². The monoisotopic (exact) mass is 426 g/mol. The van der Waals surface area contributed by atoms with Crippen LogP contribution in [0.15, 0.2) is 53.4 Å². The highest BCUT2D eigenvalue weighted by atomic mass is 35.5. The number of hydrogen-bond donors (Lipinski definition) is 3. The number of nitrogens with one attached hydrogen (secondary N) is 2. The summed E-state index contributed by atoms with van der Waals surface area (Å²) in [5.41, 5.74) is 0.837. The summed E-state index contributed by atoms with van der Waals surface area (Å²) < 4.78 is 33.1. The van der Waals surface area contributed by atoms with Gasteiger partial charge < -0.3 is 15.2 Å². The van der Waals surface area contributed by atoms with Gasteiger partial charge in [-0.05, 0) is 37.1 Å². The predicted octanol–water partition coefficient (Wildman–Crippen LogP) is 2.26. The molecule has 0 aliphatic carbocycles. The van der Waals surface area contributed by atoms with E-state index in [9.17, 15) is 13.2 Å². The maximum Gasteiger partial charge on any atom is 0.257 e. The fraction of sp³-hybridized carbons (Fsp3) is 0.316. The maximum absolute atomic E-state index is 12.6. The Morgan fingerprint density at radius 2 is 1.93 bits per heavy atom. The number of carbonyl (C=O) groups excluding carboxylic acids is 1. The molecule has 0 aliphatic rings. The van der Waals surface area contributed by atoms with Gasteiger partial charge >= 0.3 is 0 Å². The minimum atomic E-state index is -3.79. The van der Waals surface area contributed by atoms with Crippen LogP contribution >= 0.6 is 11.6 Å². The highest BCUT2D eigenvalue weighted by molar-refractivity contribution is 7.89. The van der Waals surface area contributed by atoms with Gasteiger partial charge in [-0.1, -0.05) is 41.9 Å². The maximum atomic E-state index is 12.6. The SMILES string of the molecule is C[C@H](NS(=O)(=O)c1ccc(OCC(=O)NCCCO)c(Cl)c1)c1ccccc1. The van der Waals surface area contributed by atoms with Gasteiger partial charge in [0, 0.05) is 19.2 Å². The summed E-state index contributed by atoms with van der Waals surface area (Å²) in [7, 11) is -3.79. The Morgan fingerprint density at radius 3 is 2.57 bits per heavy atom. The molecule has 1 amide bonds. The van der Waals surface area contributed by atoms with E-state index in [1.807, 2.05) is 30.3 Å². The van der Waals surface area contributed by atoms with E-state index in [2.05, 4.69) is 10.0 Å². The molecule has 0 bridgehead atoms. The number of halogens is 1. The molecule has 7 nitrogen and oxygen atoms in total. The van der Waals surface area contributed by atoms with Crippen LogP contribution in [0.5, 0.6) is 5.75 Å². The lowest BCUT2D eigenvalue weighted by molar-refractivity contribution is -0.123. The summed E-state index contributed by atoms with van der Waals surface area (Å²) in [4.78, 5) is 11.6. The molecule has 2 aromatic carbocycles. The first kappa shape index (κ1) is 22.2. The molecular formula is C19H23ClN2O5S. The smallest absolute Gasteiger partial charge is 0.257 e. The average molecular weight is 427 g/mol. The number of benzene rings is 2. The Hall–Kier alpha value is -2.13. The fourth-order valence-electron chi connectivity index (χ4n) is 2.38. The minimum Gasteiger partial charge on any atom is -0.482 e. The number of sulfonamides is 1. The van der Waals surface area contributed by atoms with Gasteiger partial charge in [0.25, 0.3) is 5.91 Å². The van der Waals surface area contributed by atoms with Crippen molar-refractivity contribution in [2.45, 2.75) is 24.3 Å². The lowest BCUT2D eigenvalue weighted by Crippen LogP contribution is -2.30. The van der Waals surface area contributed by atoms with E-state index in [-0.39, 0.29) is 34.8 Å². The third-order valence-corrected chi connectivity index (χ3v) is 5.69. The minimum absolute atomic E-state index is 0.0000263. The Labute approximate surface area is 169 Å². The summed E-state index contributed by atoms with van der Waals surface area (Å²) in [5, 5.41) is 11.3. The largest absolute Gasteiger partial charge is 0.482 e. The molecule has 0 fully saturated rings. The highest BCUT2D eigenvalue weighted by Crippen LogP contribution is 2.28. The number of rotatable bonds is 10. The number of aliphatic hydroxyl groups excluding tert-OH is 1. The van der Waals surface area contributed by atoms with Crippen LogP contribution in [0.1, 0.15) is 24.9 Å². The van der Waals surface area contributed by atoms with Crippen molar-refractivity contribution >= 4 is 27.5 Å². The number of hydrogen-bond acceptors (Lipinski definition) is 5. The van der Waals surface area contributed by atoms with Crippen LogP contribution < -0.4 is 14.8 Å². The van der Waals surface area contributed by atoms with Gasteiger partial charge in [0.05, 0.1) is 9.92 Å². The van der Waals surface area contributed by atoms with Crippen molar-refractivity contribution < 1.29 is 23.1 Å². The van der Waals surface area contributed by atoms with Crippen LogP contribution in [-0.4, -0.2) is 39.2 Å². The lowest BCUT2D eigenvalue weighted by Gasteiger charge is -2.15. The Morgan fingerprint density at radius 1 is 1.21 bits per heavy atom. The highest BCUT2D eigenvalue weighted by Gasteiger charge is 2.20. The molecule has 0 heterocycles. The second-order valence-corrected chi connectivity index (χ2v) is 8.18. The molecular weight excluding hydrogens is 404 g/mol. The summed E-state index contributed by atoms with van der Waals surface area (Å²) in [6, 6.07) is 12.8. The molecule has 0 radical (unpaired) electrons. The van der Waals surface area contributed by atoms with E-state index in [0.29, 0.717) is 13.0 Å². The third kappa shape index (κ3) is 6.49. The molecule has 0 saturated carbocycles. The van der Waals surface area contributed by atoms with E-state index in [4.69, 9.17) is 21.4 Å².